The van der Waals surface area contributed by atoms with E-state index < -0.39 is 0 Å². The molecule has 6 nitrogen and oxygen atoms in total. The van der Waals surface area contributed by atoms with Crippen LogP contribution in [0.2, 0.25) is 0 Å². The summed E-state index contributed by atoms with van der Waals surface area (Å²) in [5.41, 5.74) is 2.21. The summed E-state index contributed by atoms with van der Waals surface area (Å²) in [6.45, 7) is 1.41. The number of methoxy groups -OCH3 is 1. The number of rotatable bonds is 3. The first-order chi connectivity index (χ1) is 13.0. The van der Waals surface area contributed by atoms with Crippen LogP contribution >= 0.6 is 0 Å². The van der Waals surface area contributed by atoms with E-state index in [4.69, 9.17) is 4.74 Å². The number of fused-ring (bicyclic) bond motifs is 2. The van der Waals surface area contributed by atoms with Gasteiger partial charge in [0.1, 0.15) is 11.4 Å². The molecule has 0 unspecified atom stereocenters. The maximum Gasteiger partial charge on any atom is 0.275 e. The van der Waals surface area contributed by atoms with Gasteiger partial charge < -0.3 is 15.0 Å². The minimum atomic E-state index is -0.336. The second-order valence-electron chi connectivity index (χ2n) is 6.22. The average molecular weight is 359 g/mol. The van der Waals surface area contributed by atoms with E-state index >= 15 is 0 Å². The van der Waals surface area contributed by atoms with Crippen molar-refractivity contribution in [3.05, 3.63) is 65.0 Å². The van der Waals surface area contributed by atoms with Crippen molar-refractivity contribution in [3.8, 4) is 17.0 Å². The first-order valence-corrected chi connectivity index (χ1v) is 8.44. The van der Waals surface area contributed by atoms with Crippen molar-refractivity contribution in [2.45, 2.75) is 6.92 Å². The average Bonchev–Trinajstić information content (AvgIpc) is 2.66. The number of aromatic nitrogens is 2. The second kappa shape index (κ2) is 6.57. The Labute approximate surface area is 154 Å². The van der Waals surface area contributed by atoms with Gasteiger partial charge >= 0.3 is 0 Å². The maximum atomic E-state index is 12.7. The van der Waals surface area contributed by atoms with Crippen molar-refractivity contribution in [2.24, 2.45) is 0 Å². The van der Waals surface area contributed by atoms with E-state index in [-0.39, 0.29) is 17.2 Å². The highest BCUT2D eigenvalue weighted by Gasteiger charge is 2.15. The SMILES string of the molecule is COc1ccc(NC(C)=O)c(-c2nc3cc4ccccc4cc3[nH]c2=O)c1. The highest BCUT2D eigenvalue weighted by Crippen LogP contribution is 2.30. The van der Waals surface area contributed by atoms with E-state index in [2.05, 4.69) is 15.3 Å². The minimum Gasteiger partial charge on any atom is -0.497 e. The van der Waals surface area contributed by atoms with Crippen LogP contribution in [-0.2, 0) is 4.79 Å². The third-order valence-corrected chi connectivity index (χ3v) is 4.35. The quantitative estimate of drug-likeness (QED) is 0.546. The largest absolute Gasteiger partial charge is 0.497 e. The molecule has 0 spiro atoms. The first kappa shape index (κ1) is 16.8. The lowest BCUT2D eigenvalue weighted by atomic mass is 10.1. The lowest BCUT2D eigenvalue weighted by Gasteiger charge is -2.12. The highest BCUT2D eigenvalue weighted by molar-refractivity contribution is 5.97. The Kier molecular flexibility index (Phi) is 4.08. The molecule has 0 atom stereocenters. The van der Waals surface area contributed by atoms with Gasteiger partial charge in [0, 0.05) is 12.5 Å². The van der Waals surface area contributed by atoms with Crippen molar-refractivity contribution in [2.75, 3.05) is 12.4 Å². The molecule has 6 heteroatoms. The molecule has 0 fully saturated rings. The second-order valence-corrected chi connectivity index (χ2v) is 6.22. The number of nitrogens with one attached hydrogen (secondary N) is 2. The van der Waals surface area contributed by atoms with Gasteiger partial charge in [-0.25, -0.2) is 4.98 Å². The monoisotopic (exact) mass is 359 g/mol. The zero-order chi connectivity index (χ0) is 19.0. The van der Waals surface area contributed by atoms with Gasteiger partial charge in [-0.3, -0.25) is 9.59 Å². The molecule has 0 radical (unpaired) electrons. The number of carbonyl (C=O) groups excluding carboxylic acids is 1. The fraction of sp³-hybridized carbons (Fsp3) is 0.0952. The summed E-state index contributed by atoms with van der Waals surface area (Å²) < 4.78 is 5.27. The molecule has 4 rings (SSSR count). The van der Waals surface area contributed by atoms with E-state index in [1.165, 1.54) is 6.92 Å². The number of hydrogen-bond acceptors (Lipinski definition) is 4. The van der Waals surface area contributed by atoms with Gasteiger partial charge in [0.15, 0.2) is 0 Å². The third kappa shape index (κ3) is 3.13. The number of aromatic amines is 1. The summed E-state index contributed by atoms with van der Waals surface area (Å²) in [7, 11) is 1.54. The Balaban J connectivity index is 1.98. The number of anilines is 1. The number of benzene rings is 3. The zero-order valence-corrected chi connectivity index (χ0v) is 14.9. The minimum absolute atomic E-state index is 0.223. The summed E-state index contributed by atoms with van der Waals surface area (Å²) >= 11 is 0. The number of amides is 1. The number of carbonyl (C=O) groups is 1. The molecule has 0 aliphatic rings. The Morgan fingerprint density at radius 1 is 1.07 bits per heavy atom. The fourth-order valence-corrected chi connectivity index (χ4v) is 3.10. The Morgan fingerprint density at radius 3 is 2.52 bits per heavy atom. The van der Waals surface area contributed by atoms with Crippen LogP contribution in [0, 0.1) is 0 Å². The van der Waals surface area contributed by atoms with E-state index in [0.717, 1.165) is 10.8 Å². The van der Waals surface area contributed by atoms with Crippen molar-refractivity contribution < 1.29 is 9.53 Å². The number of hydrogen-bond donors (Lipinski definition) is 2. The number of nitrogens with zero attached hydrogens (tertiary/aromatic N) is 1. The molecule has 0 bridgehead atoms. The molecule has 4 aromatic rings. The van der Waals surface area contributed by atoms with Crippen LogP contribution in [0.4, 0.5) is 5.69 Å². The molecule has 1 amide bonds. The van der Waals surface area contributed by atoms with Crippen LogP contribution < -0.4 is 15.6 Å². The van der Waals surface area contributed by atoms with Gasteiger partial charge in [0.25, 0.3) is 5.56 Å². The highest BCUT2D eigenvalue weighted by atomic mass is 16.5. The fourth-order valence-electron chi connectivity index (χ4n) is 3.10. The summed E-state index contributed by atoms with van der Waals surface area (Å²) in [6.07, 6.45) is 0. The smallest absolute Gasteiger partial charge is 0.275 e. The molecule has 1 heterocycles. The third-order valence-electron chi connectivity index (χ3n) is 4.35. The molecule has 3 aromatic carbocycles. The molecular formula is C21H17N3O3. The van der Waals surface area contributed by atoms with Crippen molar-refractivity contribution in [1.29, 1.82) is 0 Å². The van der Waals surface area contributed by atoms with Crippen molar-refractivity contribution >= 4 is 33.4 Å². The normalized spacial score (nSPS) is 10.9. The summed E-state index contributed by atoms with van der Waals surface area (Å²) in [4.78, 5) is 31.8. The molecule has 0 aliphatic heterocycles. The topological polar surface area (TPSA) is 84.1 Å². The standard InChI is InChI=1S/C21H17N3O3/c1-12(25)22-17-8-7-15(27-2)11-16(17)20-21(26)24-19-10-14-6-4-3-5-13(14)9-18(19)23-20/h3-11H,1-2H3,(H,22,25)(H,24,26). The summed E-state index contributed by atoms with van der Waals surface area (Å²) in [6, 6.07) is 16.8. The molecule has 0 saturated carbocycles. The Bertz CT molecular complexity index is 1240. The van der Waals surface area contributed by atoms with Crippen molar-refractivity contribution in [3.63, 3.8) is 0 Å². The summed E-state index contributed by atoms with van der Waals surface area (Å²) in [5, 5.41) is 4.80. The van der Waals surface area contributed by atoms with Gasteiger partial charge in [-0.15, -0.1) is 0 Å². The number of ether oxygens (including phenoxy) is 1. The van der Waals surface area contributed by atoms with E-state index in [9.17, 15) is 9.59 Å². The maximum absolute atomic E-state index is 12.7. The summed E-state index contributed by atoms with van der Waals surface area (Å²) in [5.74, 6) is 0.337. The van der Waals surface area contributed by atoms with Crippen LogP contribution in [0.5, 0.6) is 5.75 Å². The molecule has 1 aromatic heterocycles. The van der Waals surface area contributed by atoms with Crippen LogP contribution in [0.25, 0.3) is 33.1 Å². The van der Waals surface area contributed by atoms with Crippen LogP contribution in [0.15, 0.2) is 59.4 Å². The molecule has 134 valence electrons. The lowest BCUT2D eigenvalue weighted by molar-refractivity contribution is -0.114. The van der Waals surface area contributed by atoms with Crippen LogP contribution in [0.3, 0.4) is 0 Å². The van der Waals surface area contributed by atoms with Crippen molar-refractivity contribution in [1.82, 2.24) is 9.97 Å². The predicted octanol–water partition coefficient (Wildman–Crippen LogP) is 3.71. The van der Waals surface area contributed by atoms with E-state index in [1.807, 2.05) is 36.4 Å². The molecule has 0 saturated heterocycles. The lowest BCUT2D eigenvalue weighted by Crippen LogP contribution is -2.14. The van der Waals surface area contributed by atoms with Gasteiger partial charge in [-0.1, -0.05) is 24.3 Å². The van der Waals surface area contributed by atoms with E-state index in [0.29, 0.717) is 28.0 Å². The molecule has 2 N–H and O–H groups in total. The predicted molar refractivity (Wildman–Crippen MR) is 106 cm³/mol. The van der Waals surface area contributed by atoms with Gasteiger partial charge in [0.2, 0.25) is 5.91 Å². The molecule has 27 heavy (non-hydrogen) atoms. The number of H-pyrrole nitrogens is 1. The Hall–Kier alpha value is -3.67. The van der Waals surface area contributed by atoms with Gasteiger partial charge in [-0.05, 0) is 41.1 Å². The first-order valence-electron chi connectivity index (χ1n) is 8.44. The van der Waals surface area contributed by atoms with E-state index in [1.54, 1.807) is 25.3 Å². The molecule has 0 aliphatic carbocycles. The Morgan fingerprint density at radius 2 is 1.81 bits per heavy atom. The van der Waals surface area contributed by atoms with Gasteiger partial charge in [0.05, 0.1) is 23.8 Å². The van der Waals surface area contributed by atoms with Crippen LogP contribution in [0.1, 0.15) is 6.92 Å². The van der Waals surface area contributed by atoms with Gasteiger partial charge in [-0.2, -0.15) is 0 Å². The zero-order valence-electron chi connectivity index (χ0n) is 14.9. The molecular weight excluding hydrogens is 342 g/mol. The van der Waals surface area contributed by atoms with Crippen LogP contribution in [-0.4, -0.2) is 23.0 Å².